The van der Waals surface area contributed by atoms with E-state index in [0.717, 1.165) is 5.56 Å². The minimum atomic E-state index is -0.571. The molecular weight excluding hydrogens is 310 g/mol. The van der Waals surface area contributed by atoms with Crippen molar-refractivity contribution < 1.29 is 18.7 Å². The molecule has 2 rings (SSSR count). The largest absolute Gasteiger partial charge is 0.463 e. The number of hydrazone groups is 1. The van der Waals surface area contributed by atoms with E-state index >= 15 is 0 Å². The molecule has 0 bridgehead atoms. The Morgan fingerprint density at radius 2 is 2.04 bits per heavy atom. The summed E-state index contributed by atoms with van der Waals surface area (Å²) >= 11 is 0. The van der Waals surface area contributed by atoms with E-state index in [1.165, 1.54) is 12.5 Å². The Hall–Kier alpha value is -3.09. The van der Waals surface area contributed by atoms with Gasteiger partial charge in [-0.05, 0) is 24.6 Å². The van der Waals surface area contributed by atoms with E-state index in [-0.39, 0.29) is 18.9 Å². The maximum Gasteiger partial charge on any atom is 0.407 e. The van der Waals surface area contributed by atoms with E-state index in [4.69, 9.17) is 9.15 Å². The first-order valence-electron chi connectivity index (χ1n) is 7.52. The summed E-state index contributed by atoms with van der Waals surface area (Å²) in [5, 5.41) is 6.49. The highest BCUT2D eigenvalue weighted by Crippen LogP contribution is 2.16. The number of alkyl carbamates (subject to hydrolysis) is 1. The Labute approximate surface area is 139 Å². The van der Waals surface area contributed by atoms with Crippen LogP contribution in [0.2, 0.25) is 0 Å². The number of carbonyl (C=O) groups excluding carboxylic acids is 2. The summed E-state index contributed by atoms with van der Waals surface area (Å²) in [7, 11) is 0. The molecule has 0 aliphatic carbocycles. The maximum atomic E-state index is 12.0. The van der Waals surface area contributed by atoms with Crippen molar-refractivity contribution in [3.8, 4) is 0 Å². The molecular formula is C17H19N3O4. The van der Waals surface area contributed by atoms with E-state index in [1.807, 2.05) is 30.3 Å². The summed E-state index contributed by atoms with van der Waals surface area (Å²) in [6.45, 7) is 1.97. The van der Waals surface area contributed by atoms with Gasteiger partial charge < -0.3 is 14.5 Å². The molecule has 0 saturated carbocycles. The van der Waals surface area contributed by atoms with Gasteiger partial charge in [0, 0.05) is 0 Å². The molecule has 1 aromatic carbocycles. The molecule has 0 aliphatic heterocycles. The number of benzene rings is 1. The number of furan rings is 1. The van der Waals surface area contributed by atoms with E-state index in [0.29, 0.717) is 5.76 Å². The molecule has 126 valence electrons. The predicted octanol–water partition coefficient (Wildman–Crippen LogP) is 2.61. The van der Waals surface area contributed by atoms with Crippen LogP contribution in [-0.4, -0.2) is 24.8 Å². The molecule has 1 atom stereocenters. The predicted molar refractivity (Wildman–Crippen MR) is 88.4 cm³/mol. The lowest BCUT2D eigenvalue weighted by molar-refractivity contribution is -0.121. The minimum absolute atomic E-state index is 0.0261. The van der Waals surface area contributed by atoms with Crippen LogP contribution in [0.3, 0.4) is 0 Å². The van der Waals surface area contributed by atoms with Gasteiger partial charge in [0.1, 0.15) is 5.76 Å². The number of amides is 2. The first kappa shape index (κ1) is 17.3. The Morgan fingerprint density at radius 1 is 1.25 bits per heavy atom. The number of rotatable bonds is 7. The first-order chi connectivity index (χ1) is 11.7. The van der Waals surface area contributed by atoms with Crippen LogP contribution in [0.4, 0.5) is 4.79 Å². The van der Waals surface area contributed by atoms with Crippen LogP contribution in [0.15, 0.2) is 58.2 Å². The van der Waals surface area contributed by atoms with Crippen LogP contribution in [0.25, 0.3) is 0 Å². The van der Waals surface area contributed by atoms with Gasteiger partial charge in [-0.25, -0.2) is 10.2 Å². The second kappa shape index (κ2) is 9.14. The highest BCUT2D eigenvalue weighted by molar-refractivity contribution is 5.81. The van der Waals surface area contributed by atoms with Crippen LogP contribution < -0.4 is 10.7 Å². The quantitative estimate of drug-likeness (QED) is 0.603. The Balaban J connectivity index is 1.96. The van der Waals surface area contributed by atoms with Gasteiger partial charge in [-0.3, -0.25) is 4.79 Å². The first-order valence-corrected chi connectivity index (χ1v) is 7.52. The van der Waals surface area contributed by atoms with Crippen molar-refractivity contribution in [3.63, 3.8) is 0 Å². The SMILES string of the molecule is CCOC(=O)N[C@H](CC(=O)N/N=C\c1ccco1)c1ccccc1. The third-order valence-electron chi connectivity index (χ3n) is 3.08. The number of hydrogen-bond acceptors (Lipinski definition) is 5. The Morgan fingerprint density at radius 3 is 2.71 bits per heavy atom. The maximum absolute atomic E-state index is 12.0. The zero-order chi connectivity index (χ0) is 17.2. The van der Waals surface area contributed by atoms with Crippen molar-refractivity contribution in [2.24, 2.45) is 5.10 Å². The average Bonchev–Trinajstić information content (AvgIpc) is 3.09. The van der Waals surface area contributed by atoms with Gasteiger partial charge in [0.05, 0.1) is 31.5 Å². The highest BCUT2D eigenvalue weighted by Gasteiger charge is 2.18. The molecule has 24 heavy (non-hydrogen) atoms. The highest BCUT2D eigenvalue weighted by atomic mass is 16.5. The van der Waals surface area contributed by atoms with Gasteiger partial charge in [0.2, 0.25) is 5.91 Å². The molecule has 0 saturated heterocycles. The van der Waals surface area contributed by atoms with E-state index < -0.39 is 12.1 Å². The lowest BCUT2D eigenvalue weighted by Crippen LogP contribution is -2.33. The van der Waals surface area contributed by atoms with Crippen molar-refractivity contribution in [3.05, 3.63) is 60.1 Å². The van der Waals surface area contributed by atoms with Crippen LogP contribution >= 0.6 is 0 Å². The zero-order valence-corrected chi connectivity index (χ0v) is 13.3. The smallest absolute Gasteiger partial charge is 0.407 e. The monoisotopic (exact) mass is 329 g/mol. The second-order valence-corrected chi connectivity index (χ2v) is 4.84. The van der Waals surface area contributed by atoms with Crippen LogP contribution in [-0.2, 0) is 9.53 Å². The van der Waals surface area contributed by atoms with Gasteiger partial charge in [-0.1, -0.05) is 30.3 Å². The minimum Gasteiger partial charge on any atom is -0.463 e. The summed E-state index contributed by atoms with van der Waals surface area (Å²) in [5.41, 5.74) is 3.21. The fourth-order valence-corrected chi connectivity index (χ4v) is 2.02. The van der Waals surface area contributed by atoms with Gasteiger partial charge >= 0.3 is 6.09 Å². The fourth-order valence-electron chi connectivity index (χ4n) is 2.02. The molecule has 2 N–H and O–H groups in total. The summed E-state index contributed by atoms with van der Waals surface area (Å²) in [6, 6.07) is 12.1. The molecule has 1 aromatic heterocycles. The van der Waals surface area contributed by atoms with Crippen molar-refractivity contribution in [2.45, 2.75) is 19.4 Å². The summed E-state index contributed by atoms with van der Waals surface area (Å²) in [6.07, 6.45) is 2.36. The van der Waals surface area contributed by atoms with Gasteiger partial charge in [-0.15, -0.1) is 0 Å². The van der Waals surface area contributed by atoms with Crippen LogP contribution in [0, 0.1) is 0 Å². The third-order valence-corrected chi connectivity index (χ3v) is 3.08. The third kappa shape index (κ3) is 5.60. The van der Waals surface area contributed by atoms with Crippen LogP contribution in [0.1, 0.15) is 30.7 Å². The molecule has 0 fully saturated rings. The fraction of sp³-hybridized carbons (Fsp3) is 0.235. The molecule has 0 aliphatic rings. The molecule has 0 unspecified atom stereocenters. The molecule has 0 spiro atoms. The molecule has 2 aromatic rings. The van der Waals surface area contributed by atoms with E-state index in [2.05, 4.69) is 15.8 Å². The van der Waals surface area contributed by atoms with Crippen molar-refractivity contribution >= 4 is 18.2 Å². The van der Waals surface area contributed by atoms with Crippen LogP contribution in [0.5, 0.6) is 0 Å². The van der Waals surface area contributed by atoms with E-state index in [9.17, 15) is 9.59 Å². The summed E-state index contributed by atoms with van der Waals surface area (Å²) in [4.78, 5) is 23.7. The zero-order valence-electron chi connectivity index (χ0n) is 13.3. The number of hydrogen-bond donors (Lipinski definition) is 2. The van der Waals surface area contributed by atoms with Gasteiger partial charge in [-0.2, -0.15) is 5.10 Å². The van der Waals surface area contributed by atoms with Gasteiger partial charge in [0.15, 0.2) is 0 Å². The molecule has 7 heteroatoms. The van der Waals surface area contributed by atoms with Crippen molar-refractivity contribution in [1.29, 1.82) is 0 Å². The molecule has 2 amide bonds. The molecule has 0 radical (unpaired) electrons. The molecule has 1 heterocycles. The number of carbonyl (C=O) groups is 2. The second-order valence-electron chi connectivity index (χ2n) is 4.84. The number of nitrogens with one attached hydrogen (secondary N) is 2. The molecule has 7 nitrogen and oxygen atoms in total. The lowest BCUT2D eigenvalue weighted by Gasteiger charge is -2.17. The van der Waals surface area contributed by atoms with E-state index in [1.54, 1.807) is 19.1 Å². The number of nitrogens with zero attached hydrogens (tertiary/aromatic N) is 1. The average molecular weight is 329 g/mol. The topological polar surface area (TPSA) is 92.9 Å². The van der Waals surface area contributed by atoms with Gasteiger partial charge in [0.25, 0.3) is 0 Å². The lowest BCUT2D eigenvalue weighted by atomic mass is 10.0. The standard InChI is InChI=1S/C17H19N3O4/c1-2-23-17(22)19-15(13-7-4-3-5-8-13)11-16(21)20-18-12-14-9-6-10-24-14/h3-10,12,15H,2,11H2,1H3,(H,19,22)(H,20,21)/b18-12-/t15-/m1/s1. The Bertz CT molecular complexity index is 668. The summed E-state index contributed by atoms with van der Waals surface area (Å²) < 4.78 is 9.95. The normalized spacial score (nSPS) is 11.9. The number of ether oxygens (including phenoxy) is 1. The Kier molecular flexibility index (Phi) is 6.58. The van der Waals surface area contributed by atoms with Crippen molar-refractivity contribution in [2.75, 3.05) is 6.61 Å². The van der Waals surface area contributed by atoms with Crippen molar-refractivity contribution in [1.82, 2.24) is 10.7 Å². The summed E-state index contributed by atoms with van der Waals surface area (Å²) in [5.74, 6) is 0.183.